The van der Waals surface area contributed by atoms with E-state index in [1.54, 1.807) is 7.11 Å². The van der Waals surface area contributed by atoms with Crippen molar-refractivity contribution in [1.82, 2.24) is 5.32 Å². The Morgan fingerprint density at radius 2 is 2.05 bits per heavy atom. The summed E-state index contributed by atoms with van der Waals surface area (Å²) in [6.07, 6.45) is 0.122. The van der Waals surface area contributed by atoms with Crippen LogP contribution in [0.15, 0.2) is 18.2 Å². The Morgan fingerprint density at radius 1 is 1.30 bits per heavy atom. The Kier molecular flexibility index (Phi) is 7.62. The number of benzene rings is 1. The predicted octanol–water partition coefficient (Wildman–Crippen LogP) is 2.34. The summed E-state index contributed by atoms with van der Waals surface area (Å²) in [4.78, 5) is 0. The van der Waals surface area contributed by atoms with Crippen molar-refractivity contribution in [1.29, 1.82) is 0 Å². The second-order valence-corrected chi connectivity index (χ2v) is 6.63. The highest BCUT2D eigenvalue weighted by atomic mass is 32.2. The van der Waals surface area contributed by atoms with E-state index in [9.17, 15) is 4.21 Å². The van der Waals surface area contributed by atoms with Gasteiger partial charge < -0.3 is 14.8 Å². The third-order valence-electron chi connectivity index (χ3n) is 2.75. The Morgan fingerprint density at radius 3 is 2.65 bits per heavy atom. The highest BCUT2D eigenvalue weighted by molar-refractivity contribution is 7.84. The molecule has 4 nitrogen and oxygen atoms in total. The van der Waals surface area contributed by atoms with Gasteiger partial charge in [0.05, 0.1) is 13.2 Å². The van der Waals surface area contributed by atoms with Crippen molar-refractivity contribution in [3.63, 3.8) is 0 Å². The summed E-state index contributed by atoms with van der Waals surface area (Å²) in [6.45, 7) is 7.41. The molecule has 1 N–H and O–H groups in total. The largest absolute Gasteiger partial charge is 0.493 e. The number of hydrogen-bond donors (Lipinski definition) is 1. The van der Waals surface area contributed by atoms with Gasteiger partial charge in [-0.2, -0.15) is 0 Å². The molecule has 0 spiro atoms. The van der Waals surface area contributed by atoms with Crippen LogP contribution in [0.5, 0.6) is 11.5 Å². The molecule has 0 radical (unpaired) electrons. The molecule has 0 bridgehead atoms. The maximum atomic E-state index is 11.3. The van der Waals surface area contributed by atoms with Crippen LogP contribution in [0.25, 0.3) is 0 Å². The molecule has 0 saturated heterocycles. The minimum atomic E-state index is -0.708. The summed E-state index contributed by atoms with van der Waals surface area (Å²) in [5, 5.41) is 3.29. The molecule has 0 aromatic heterocycles. The van der Waals surface area contributed by atoms with Crippen molar-refractivity contribution in [2.24, 2.45) is 0 Å². The van der Waals surface area contributed by atoms with Gasteiger partial charge in [0.25, 0.3) is 0 Å². The van der Waals surface area contributed by atoms with Crippen molar-refractivity contribution in [3.05, 3.63) is 23.8 Å². The predicted molar refractivity (Wildman–Crippen MR) is 84.0 cm³/mol. The quantitative estimate of drug-likeness (QED) is 0.711. The first kappa shape index (κ1) is 17.0. The van der Waals surface area contributed by atoms with E-state index in [2.05, 4.69) is 5.32 Å². The number of nitrogens with one attached hydrogen (secondary N) is 1. The van der Waals surface area contributed by atoms with Gasteiger partial charge in [-0.1, -0.05) is 13.0 Å². The van der Waals surface area contributed by atoms with Gasteiger partial charge in [-0.25, -0.2) is 0 Å². The van der Waals surface area contributed by atoms with Crippen LogP contribution in [-0.4, -0.2) is 35.5 Å². The van der Waals surface area contributed by atoms with Crippen molar-refractivity contribution in [2.45, 2.75) is 33.4 Å². The van der Waals surface area contributed by atoms with E-state index in [0.29, 0.717) is 5.75 Å². The van der Waals surface area contributed by atoms with Crippen LogP contribution in [0.2, 0.25) is 0 Å². The lowest BCUT2D eigenvalue weighted by Crippen LogP contribution is -2.20. The molecule has 20 heavy (non-hydrogen) atoms. The molecule has 5 heteroatoms. The monoisotopic (exact) mass is 299 g/mol. The van der Waals surface area contributed by atoms with Gasteiger partial charge in [0.2, 0.25) is 0 Å². The number of ether oxygens (including phenoxy) is 2. The number of hydrogen-bond acceptors (Lipinski definition) is 4. The van der Waals surface area contributed by atoms with Crippen molar-refractivity contribution < 1.29 is 13.7 Å². The fraction of sp³-hybridized carbons (Fsp3) is 0.600. The standard InChI is InChI=1S/C15H25NO3S/c1-5-20(17)9-8-16-11-13-6-7-14(19-12(2)3)15(10-13)18-4/h6-7,10,12,16H,5,8-9,11H2,1-4H3. The Balaban J connectivity index is 2.53. The van der Waals surface area contributed by atoms with Gasteiger partial charge in [0, 0.05) is 35.4 Å². The van der Waals surface area contributed by atoms with Crippen LogP contribution in [0.3, 0.4) is 0 Å². The van der Waals surface area contributed by atoms with E-state index in [4.69, 9.17) is 9.47 Å². The minimum absolute atomic E-state index is 0.122. The summed E-state index contributed by atoms with van der Waals surface area (Å²) >= 11 is 0. The van der Waals surface area contributed by atoms with Crippen LogP contribution in [-0.2, 0) is 17.3 Å². The summed E-state index contributed by atoms with van der Waals surface area (Å²) < 4.78 is 22.3. The van der Waals surface area contributed by atoms with Crippen molar-refractivity contribution >= 4 is 10.8 Å². The first-order valence-electron chi connectivity index (χ1n) is 6.96. The normalized spacial score (nSPS) is 12.4. The molecular formula is C15H25NO3S. The summed E-state index contributed by atoms with van der Waals surface area (Å²) in [7, 11) is 0.935. The fourth-order valence-electron chi connectivity index (χ4n) is 1.74. The molecular weight excluding hydrogens is 274 g/mol. The maximum Gasteiger partial charge on any atom is 0.161 e. The summed E-state index contributed by atoms with van der Waals surface area (Å²) in [6, 6.07) is 5.92. The molecule has 0 heterocycles. The molecule has 0 aliphatic rings. The van der Waals surface area contributed by atoms with Crippen LogP contribution in [0, 0.1) is 0 Å². The van der Waals surface area contributed by atoms with Crippen molar-refractivity contribution in [2.75, 3.05) is 25.2 Å². The maximum absolute atomic E-state index is 11.3. The smallest absolute Gasteiger partial charge is 0.161 e. The van der Waals surface area contributed by atoms with E-state index in [1.807, 2.05) is 39.0 Å². The van der Waals surface area contributed by atoms with Gasteiger partial charge in [-0.3, -0.25) is 4.21 Å². The van der Waals surface area contributed by atoms with Gasteiger partial charge >= 0.3 is 0 Å². The Hall–Kier alpha value is -1.07. The Labute approximate surface area is 124 Å². The fourth-order valence-corrected chi connectivity index (χ4v) is 2.40. The highest BCUT2D eigenvalue weighted by Gasteiger charge is 2.07. The van der Waals surface area contributed by atoms with E-state index < -0.39 is 10.8 Å². The topological polar surface area (TPSA) is 47.6 Å². The number of methoxy groups -OCH3 is 1. The van der Waals surface area contributed by atoms with Crippen LogP contribution < -0.4 is 14.8 Å². The lowest BCUT2D eigenvalue weighted by atomic mass is 10.2. The van der Waals surface area contributed by atoms with E-state index in [-0.39, 0.29) is 6.10 Å². The third kappa shape index (κ3) is 5.92. The van der Waals surface area contributed by atoms with E-state index >= 15 is 0 Å². The second-order valence-electron chi connectivity index (χ2n) is 4.76. The molecule has 1 rings (SSSR count). The number of rotatable bonds is 9. The van der Waals surface area contributed by atoms with Gasteiger partial charge in [0.15, 0.2) is 11.5 Å². The molecule has 1 unspecified atom stereocenters. The zero-order valence-electron chi connectivity index (χ0n) is 12.8. The molecule has 1 atom stereocenters. The first-order valence-corrected chi connectivity index (χ1v) is 8.44. The highest BCUT2D eigenvalue weighted by Crippen LogP contribution is 2.28. The van der Waals surface area contributed by atoms with Crippen LogP contribution in [0.1, 0.15) is 26.3 Å². The van der Waals surface area contributed by atoms with Gasteiger partial charge in [-0.15, -0.1) is 0 Å². The summed E-state index contributed by atoms with van der Waals surface area (Å²) in [5.74, 6) is 2.92. The SMILES string of the molecule is CCS(=O)CCNCc1ccc(OC(C)C)c(OC)c1. The third-order valence-corrected chi connectivity index (χ3v) is 4.05. The molecule has 1 aromatic carbocycles. The van der Waals surface area contributed by atoms with Crippen LogP contribution >= 0.6 is 0 Å². The molecule has 0 aliphatic carbocycles. The average Bonchev–Trinajstić information content (AvgIpc) is 2.43. The van der Waals surface area contributed by atoms with Gasteiger partial charge in [-0.05, 0) is 31.5 Å². The first-order chi connectivity index (χ1) is 9.56. The lowest BCUT2D eigenvalue weighted by molar-refractivity contribution is 0.230. The van der Waals surface area contributed by atoms with E-state index in [1.165, 1.54) is 0 Å². The molecule has 0 fully saturated rings. The molecule has 114 valence electrons. The van der Waals surface area contributed by atoms with Gasteiger partial charge in [0.1, 0.15) is 0 Å². The zero-order valence-corrected chi connectivity index (χ0v) is 13.6. The molecule has 0 amide bonds. The lowest BCUT2D eigenvalue weighted by Gasteiger charge is -2.14. The Bertz CT molecular complexity index is 435. The average molecular weight is 299 g/mol. The second kappa shape index (κ2) is 8.97. The zero-order chi connectivity index (χ0) is 15.0. The van der Waals surface area contributed by atoms with Crippen LogP contribution in [0.4, 0.5) is 0 Å². The molecule has 0 saturated carbocycles. The molecule has 1 aromatic rings. The van der Waals surface area contributed by atoms with E-state index in [0.717, 1.165) is 35.9 Å². The summed E-state index contributed by atoms with van der Waals surface area (Å²) in [5.41, 5.74) is 1.13. The molecule has 0 aliphatic heterocycles. The minimum Gasteiger partial charge on any atom is -0.493 e. The van der Waals surface area contributed by atoms with Crippen molar-refractivity contribution in [3.8, 4) is 11.5 Å².